The third-order valence-corrected chi connectivity index (χ3v) is 4.66. The Bertz CT molecular complexity index is 702. The number of aliphatic hydroxyl groups is 2. The zero-order chi connectivity index (χ0) is 16.4. The molecular weight excluding hydrogens is 294 g/mol. The highest BCUT2D eigenvalue weighted by Crippen LogP contribution is 2.34. The highest BCUT2D eigenvalue weighted by Gasteiger charge is 2.25. The van der Waals surface area contributed by atoms with Gasteiger partial charge in [0, 0.05) is 24.6 Å². The van der Waals surface area contributed by atoms with E-state index in [-0.39, 0.29) is 12.7 Å². The predicted octanol–water partition coefficient (Wildman–Crippen LogP) is 1.54. The fourth-order valence-electron chi connectivity index (χ4n) is 3.41. The number of nitrogens with zero attached hydrogens (tertiary/aromatic N) is 2. The van der Waals surface area contributed by atoms with Crippen LogP contribution >= 0.6 is 0 Å². The molecule has 124 valence electrons. The second-order valence-corrected chi connectivity index (χ2v) is 6.27. The lowest BCUT2D eigenvalue weighted by molar-refractivity contribution is 0.100. The molecule has 0 radical (unpaired) electrons. The molecule has 1 amide bonds. The van der Waals surface area contributed by atoms with Gasteiger partial charge >= 0.3 is 0 Å². The number of hydrogen-bond acceptors (Lipinski definition) is 4. The number of benzene rings is 1. The van der Waals surface area contributed by atoms with Crippen LogP contribution in [0.4, 0.5) is 0 Å². The molecular formula is C17H23N3O3. The second kappa shape index (κ2) is 6.68. The molecule has 1 aromatic carbocycles. The minimum atomic E-state index is -0.459. The van der Waals surface area contributed by atoms with Gasteiger partial charge < -0.3 is 20.5 Å². The van der Waals surface area contributed by atoms with Crippen molar-refractivity contribution in [2.45, 2.75) is 50.7 Å². The van der Waals surface area contributed by atoms with E-state index in [0.29, 0.717) is 24.4 Å². The number of imidazole rings is 1. The maximum Gasteiger partial charge on any atom is 0.248 e. The zero-order valence-corrected chi connectivity index (χ0v) is 13.1. The van der Waals surface area contributed by atoms with Gasteiger partial charge in [-0.3, -0.25) is 4.79 Å². The van der Waals surface area contributed by atoms with Crippen LogP contribution < -0.4 is 5.73 Å². The van der Waals surface area contributed by atoms with E-state index in [1.54, 1.807) is 12.1 Å². The van der Waals surface area contributed by atoms with Crippen molar-refractivity contribution < 1.29 is 15.0 Å². The van der Waals surface area contributed by atoms with Gasteiger partial charge in [-0.05, 0) is 50.3 Å². The van der Waals surface area contributed by atoms with Gasteiger partial charge in [0.05, 0.1) is 17.1 Å². The molecule has 0 aliphatic heterocycles. The van der Waals surface area contributed by atoms with Crippen molar-refractivity contribution in [3.8, 4) is 0 Å². The summed E-state index contributed by atoms with van der Waals surface area (Å²) >= 11 is 0. The van der Waals surface area contributed by atoms with Crippen molar-refractivity contribution in [2.24, 2.45) is 5.73 Å². The summed E-state index contributed by atoms with van der Waals surface area (Å²) in [5, 5.41) is 18.9. The maximum atomic E-state index is 11.4. The molecule has 6 nitrogen and oxygen atoms in total. The number of fused-ring (bicyclic) bond motifs is 1. The number of carbonyl (C=O) groups excluding carboxylic acids is 1. The van der Waals surface area contributed by atoms with Crippen molar-refractivity contribution in [3.05, 3.63) is 29.6 Å². The number of aliphatic hydroxyl groups excluding tert-OH is 2. The van der Waals surface area contributed by atoms with Gasteiger partial charge in [-0.15, -0.1) is 0 Å². The molecule has 1 aliphatic rings. The first-order valence-corrected chi connectivity index (χ1v) is 8.19. The van der Waals surface area contributed by atoms with Gasteiger partial charge in [-0.1, -0.05) is 0 Å². The summed E-state index contributed by atoms with van der Waals surface area (Å²) in [4.78, 5) is 16.1. The number of carbonyl (C=O) groups is 1. The topological polar surface area (TPSA) is 101 Å². The van der Waals surface area contributed by atoms with Crippen LogP contribution in [0.2, 0.25) is 0 Å². The molecule has 1 saturated carbocycles. The Kier molecular flexibility index (Phi) is 4.63. The van der Waals surface area contributed by atoms with Gasteiger partial charge in [-0.2, -0.15) is 0 Å². The Balaban J connectivity index is 2.01. The van der Waals surface area contributed by atoms with Crippen LogP contribution in [0.1, 0.15) is 54.2 Å². The summed E-state index contributed by atoms with van der Waals surface area (Å²) in [5.74, 6) is 0.836. The lowest BCUT2D eigenvalue weighted by atomic mass is 9.87. The molecule has 4 N–H and O–H groups in total. The molecule has 1 aromatic heterocycles. The average molecular weight is 317 g/mol. The fraction of sp³-hybridized carbons (Fsp3) is 0.529. The lowest BCUT2D eigenvalue weighted by Crippen LogP contribution is -2.20. The van der Waals surface area contributed by atoms with Crippen molar-refractivity contribution in [1.29, 1.82) is 0 Å². The standard InChI is InChI=1S/C17H23N3O3/c18-16(23)12-4-7-15-14(10-12)19-17(20(15)8-1-9-21)11-2-5-13(22)6-3-11/h4,7,10-11,13,21-22H,1-3,5-6,8-9H2,(H2,18,23). The molecule has 1 heterocycles. The van der Waals surface area contributed by atoms with Gasteiger partial charge in [0.15, 0.2) is 0 Å². The minimum Gasteiger partial charge on any atom is -0.396 e. The smallest absolute Gasteiger partial charge is 0.248 e. The minimum absolute atomic E-state index is 0.127. The van der Waals surface area contributed by atoms with E-state index in [4.69, 9.17) is 15.8 Å². The molecule has 2 aromatic rings. The summed E-state index contributed by atoms with van der Waals surface area (Å²) in [6.07, 6.45) is 3.85. The van der Waals surface area contributed by atoms with E-state index in [2.05, 4.69) is 4.57 Å². The Morgan fingerprint density at radius 1 is 1.30 bits per heavy atom. The van der Waals surface area contributed by atoms with Crippen LogP contribution in [0.3, 0.4) is 0 Å². The normalized spacial score (nSPS) is 21.7. The molecule has 1 aliphatic carbocycles. The van der Waals surface area contributed by atoms with Crippen molar-refractivity contribution in [1.82, 2.24) is 9.55 Å². The van der Waals surface area contributed by atoms with Gasteiger partial charge in [0.2, 0.25) is 5.91 Å². The number of nitrogens with two attached hydrogens (primary N) is 1. The van der Waals surface area contributed by atoms with Crippen LogP contribution in [0, 0.1) is 0 Å². The number of primary amides is 1. The summed E-state index contributed by atoms with van der Waals surface area (Å²) < 4.78 is 2.14. The molecule has 1 fully saturated rings. The van der Waals surface area contributed by atoms with E-state index in [1.165, 1.54) is 0 Å². The molecule has 3 rings (SSSR count). The van der Waals surface area contributed by atoms with Gasteiger partial charge in [0.1, 0.15) is 5.82 Å². The van der Waals surface area contributed by atoms with Crippen LogP contribution in [-0.4, -0.2) is 38.4 Å². The van der Waals surface area contributed by atoms with Crippen molar-refractivity contribution in [3.63, 3.8) is 0 Å². The fourth-order valence-corrected chi connectivity index (χ4v) is 3.41. The Morgan fingerprint density at radius 2 is 2.04 bits per heavy atom. The van der Waals surface area contributed by atoms with E-state index < -0.39 is 5.91 Å². The van der Waals surface area contributed by atoms with E-state index >= 15 is 0 Å². The highest BCUT2D eigenvalue weighted by molar-refractivity contribution is 5.96. The number of rotatable bonds is 5. The van der Waals surface area contributed by atoms with Gasteiger partial charge in [-0.25, -0.2) is 4.98 Å². The number of aryl methyl sites for hydroxylation is 1. The lowest BCUT2D eigenvalue weighted by Gasteiger charge is -2.25. The average Bonchev–Trinajstić information content (AvgIpc) is 2.91. The predicted molar refractivity (Wildman–Crippen MR) is 87.2 cm³/mol. The molecule has 0 unspecified atom stereocenters. The number of aromatic nitrogens is 2. The second-order valence-electron chi connectivity index (χ2n) is 6.27. The maximum absolute atomic E-state index is 11.4. The summed E-state index contributed by atoms with van der Waals surface area (Å²) in [6, 6.07) is 5.32. The largest absolute Gasteiger partial charge is 0.396 e. The third kappa shape index (κ3) is 3.23. The van der Waals surface area contributed by atoms with Crippen LogP contribution in [0.5, 0.6) is 0 Å². The summed E-state index contributed by atoms with van der Waals surface area (Å²) in [6.45, 7) is 0.819. The molecule has 23 heavy (non-hydrogen) atoms. The Morgan fingerprint density at radius 3 is 2.70 bits per heavy atom. The number of amides is 1. The monoisotopic (exact) mass is 317 g/mol. The van der Waals surface area contributed by atoms with Crippen LogP contribution in [0.25, 0.3) is 11.0 Å². The summed E-state index contributed by atoms with van der Waals surface area (Å²) in [5.41, 5.74) is 7.53. The molecule has 6 heteroatoms. The SMILES string of the molecule is NC(=O)c1ccc2c(c1)nc(C1CCC(O)CC1)n2CCCO. The van der Waals surface area contributed by atoms with Gasteiger partial charge in [0.25, 0.3) is 0 Å². The zero-order valence-electron chi connectivity index (χ0n) is 13.1. The first-order valence-electron chi connectivity index (χ1n) is 8.19. The first kappa shape index (κ1) is 16.0. The van der Waals surface area contributed by atoms with E-state index in [0.717, 1.165) is 42.5 Å². The Hall–Kier alpha value is -1.92. The van der Waals surface area contributed by atoms with Crippen molar-refractivity contribution >= 4 is 16.9 Å². The van der Waals surface area contributed by atoms with Crippen molar-refractivity contribution in [2.75, 3.05) is 6.61 Å². The quantitative estimate of drug-likeness (QED) is 0.778. The number of hydrogen-bond donors (Lipinski definition) is 3. The van der Waals surface area contributed by atoms with Crippen LogP contribution in [-0.2, 0) is 6.54 Å². The Labute approximate surface area is 134 Å². The van der Waals surface area contributed by atoms with Crippen LogP contribution in [0.15, 0.2) is 18.2 Å². The molecule has 0 atom stereocenters. The summed E-state index contributed by atoms with van der Waals surface area (Å²) in [7, 11) is 0. The first-order chi connectivity index (χ1) is 11.1. The van der Waals surface area contributed by atoms with E-state index in [9.17, 15) is 9.90 Å². The molecule has 0 bridgehead atoms. The highest BCUT2D eigenvalue weighted by atomic mass is 16.3. The third-order valence-electron chi connectivity index (χ3n) is 4.66. The van der Waals surface area contributed by atoms with E-state index in [1.807, 2.05) is 6.07 Å². The molecule has 0 saturated heterocycles. The molecule has 0 spiro atoms.